The lowest BCUT2D eigenvalue weighted by molar-refractivity contribution is -0.151. The zero-order valence-corrected chi connectivity index (χ0v) is 12.8. The maximum Gasteiger partial charge on any atom is 0.332 e. The van der Waals surface area contributed by atoms with Crippen molar-refractivity contribution in [3.63, 3.8) is 0 Å². The molecule has 22 heavy (non-hydrogen) atoms. The second-order valence-corrected chi connectivity index (χ2v) is 5.80. The molecule has 7 nitrogen and oxygen atoms in total. The number of carbonyl (C=O) groups is 2. The van der Waals surface area contributed by atoms with E-state index in [0.717, 1.165) is 39.1 Å². The largest absolute Gasteiger partial charge is 0.479 e. The summed E-state index contributed by atoms with van der Waals surface area (Å²) in [6, 6.07) is 0. The predicted octanol–water partition coefficient (Wildman–Crippen LogP) is 0.568. The number of rotatable bonds is 8. The van der Waals surface area contributed by atoms with Crippen LogP contribution < -0.4 is 5.32 Å². The van der Waals surface area contributed by atoms with Crippen LogP contribution in [0.4, 0.5) is 0 Å². The standard InChI is InChI=1S/C15H25NO6/c17-14(12-2-3-13(22-12)15(18)19)16-6-1-7-21-10-11-4-8-20-9-5-11/h11-13H,1-10H2,(H,16,17)(H,18,19)/t12-,13+/m0/s1. The van der Waals surface area contributed by atoms with E-state index in [4.69, 9.17) is 19.3 Å². The van der Waals surface area contributed by atoms with E-state index in [9.17, 15) is 9.59 Å². The number of carboxylic acid groups (broad SMARTS) is 1. The topological polar surface area (TPSA) is 94.1 Å². The van der Waals surface area contributed by atoms with E-state index in [1.54, 1.807) is 0 Å². The third-order valence-corrected chi connectivity index (χ3v) is 4.05. The van der Waals surface area contributed by atoms with Gasteiger partial charge in [-0.1, -0.05) is 0 Å². The van der Waals surface area contributed by atoms with Crippen LogP contribution in [0.2, 0.25) is 0 Å². The molecule has 0 radical (unpaired) electrons. The Morgan fingerprint density at radius 1 is 1.14 bits per heavy atom. The van der Waals surface area contributed by atoms with Gasteiger partial charge in [0.05, 0.1) is 0 Å². The number of aliphatic carboxylic acids is 1. The molecule has 0 saturated carbocycles. The van der Waals surface area contributed by atoms with Crippen LogP contribution in [0, 0.1) is 5.92 Å². The molecule has 7 heteroatoms. The number of nitrogens with one attached hydrogen (secondary N) is 1. The Kier molecular flexibility index (Phi) is 7.08. The summed E-state index contributed by atoms with van der Waals surface area (Å²) in [5.41, 5.74) is 0. The van der Waals surface area contributed by atoms with Crippen LogP contribution in [0.25, 0.3) is 0 Å². The summed E-state index contributed by atoms with van der Waals surface area (Å²) in [6.45, 7) is 3.53. The molecule has 2 fully saturated rings. The summed E-state index contributed by atoms with van der Waals surface area (Å²) >= 11 is 0. The molecule has 2 aliphatic rings. The molecule has 2 heterocycles. The zero-order valence-electron chi connectivity index (χ0n) is 12.8. The first-order valence-corrected chi connectivity index (χ1v) is 7.98. The number of hydrogen-bond donors (Lipinski definition) is 2. The van der Waals surface area contributed by atoms with Gasteiger partial charge in [0, 0.05) is 33.0 Å². The predicted molar refractivity (Wildman–Crippen MR) is 77.5 cm³/mol. The second kappa shape index (κ2) is 9.07. The van der Waals surface area contributed by atoms with E-state index in [2.05, 4.69) is 5.32 Å². The average Bonchev–Trinajstić information content (AvgIpc) is 3.02. The van der Waals surface area contributed by atoms with Gasteiger partial charge in [-0.2, -0.15) is 0 Å². The van der Waals surface area contributed by atoms with Crippen molar-refractivity contribution >= 4 is 11.9 Å². The zero-order chi connectivity index (χ0) is 15.8. The van der Waals surface area contributed by atoms with Crippen LogP contribution in [0.5, 0.6) is 0 Å². The molecule has 0 spiro atoms. The first kappa shape index (κ1) is 17.2. The summed E-state index contributed by atoms with van der Waals surface area (Å²) in [5, 5.41) is 11.6. The van der Waals surface area contributed by atoms with Crippen LogP contribution in [0.15, 0.2) is 0 Å². The number of carbonyl (C=O) groups excluding carboxylic acids is 1. The number of amides is 1. The maximum atomic E-state index is 11.8. The lowest BCUT2D eigenvalue weighted by Gasteiger charge is -2.21. The molecule has 126 valence electrons. The Morgan fingerprint density at radius 2 is 1.86 bits per heavy atom. The maximum absolute atomic E-state index is 11.8. The van der Waals surface area contributed by atoms with E-state index in [0.29, 0.717) is 31.9 Å². The highest BCUT2D eigenvalue weighted by Gasteiger charge is 2.34. The summed E-state index contributed by atoms with van der Waals surface area (Å²) in [4.78, 5) is 22.6. The fourth-order valence-electron chi connectivity index (χ4n) is 2.67. The lowest BCUT2D eigenvalue weighted by atomic mass is 10.0. The normalized spacial score (nSPS) is 26.0. The molecule has 0 aromatic rings. The van der Waals surface area contributed by atoms with Crippen LogP contribution in [-0.4, -0.2) is 62.2 Å². The molecule has 2 aliphatic heterocycles. The Balaban J connectivity index is 1.48. The quantitative estimate of drug-likeness (QED) is 0.636. The number of hydrogen-bond acceptors (Lipinski definition) is 5. The average molecular weight is 315 g/mol. The number of ether oxygens (including phenoxy) is 3. The van der Waals surface area contributed by atoms with Gasteiger partial charge >= 0.3 is 5.97 Å². The van der Waals surface area contributed by atoms with E-state index >= 15 is 0 Å². The van der Waals surface area contributed by atoms with Crippen molar-refractivity contribution in [2.75, 3.05) is 33.0 Å². The van der Waals surface area contributed by atoms with Gasteiger partial charge in [-0.15, -0.1) is 0 Å². The minimum absolute atomic E-state index is 0.229. The second-order valence-electron chi connectivity index (χ2n) is 5.80. The van der Waals surface area contributed by atoms with Crippen molar-refractivity contribution < 1.29 is 28.9 Å². The van der Waals surface area contributed by atoms with Gasteiger partial charge in [0.1, 0.15) is 6.10 Å². The monoisotopic (exact) mass is 315 g/mol. The summed E-state index contributed by atoms with van der Waals surface area (Å²) in [5.74, 6) is -0.645. The lowest BCUT2D eigenvalue weighted by Crippen LogP contribution is -2.36. The van der Waals surface area contributed by atoms with Gasteiger partial charge in [-0.3, -0.25) is 4.79 Å². The summed E-state index contributed by atoms with van der Waals surface area (Å²) in [7, 11) is 0. The first-order valence-electron chi connectivity index (χ1n) is 7.98. The van der Waals surface area contributed by atoms with Crippen LogP contribution in [-0.2, 0) is 23.8 Å². The van der Waals surface area contributed by atoms with Gasteiger partial charge in [0.2, 0.25) is 5.91 Å². The Morgan fingerprint density at radius 3 is 2.55 bits per heavy atom. The Labute approximate surface area is 130 Å². The molecule has 0 aromatic heterocycles. The van der Waals surface area contributed by atoms with Crippen molar-refractivity contribution in [1.82, 2.24) is 5.32 Å². The van der Waals surface area contributed by atoms with Crippen molar-refractivity contribution in [2.45, 2.75) is 44.3 Å². The van der Waals surface area contributed by atoms with Crippen LogP contribution in [0.1, 0.15) is 32.1 Å². The smallest absolute Gasteiger partial charge is 0.332 e. The molecule has 0 aliphatic carbocycles. The van der Waals surface area contributed by atoms with E-state index in [-0.39, 0.29) is 5.91 Å². The number of carboxylic acids is 1. The van der Waals surface area contributed by atoms with Crippen molar-refractivity contribution in [1.29, 1.82) is 0 Å². The summed E-state index contributed by atoms with van der Waals surface area (Å²) < 4.78 is 16.1. The minimum atomic E-state index is -1.00. The molecule has 0 aromatic carbocycles. The van der Waals surface area contributed by atoms with Crippen molar-refractivity contribution in [2.24, 2.45) is 5.92 Å². The van der Waals surface area contributed by atoms with E-state index < -0.39 is 18.2 Å². The molecular formula is C15H25NO6. The molecule has 2 rings (SSSR count). The van der Waals surface area contributed by atoms with Crippen LogP contribution in [0.3, 0.4) is 0 Å². The molecular weight excluding hydrogens is 290 g/mol. The highest BCUT2D eigenvalue weighted by molar-refractivity contribution is 5.82. The molecule has 2 N–H and O–H groups in total. The van der Waals surface area contributed by atoms with Crippen molar-refractivity contribution in [3.05, 3.63) is 0 Å². The van der Waals surface area contributed by atoms with Gasteiger partial charge in [0.15, 0.2) is 6.10 Å². The SMILES string of the molecule is O=C(NCCCOCC1CCOCC1)[C@@H]1CC[C@H](C(=O)O)O1. The third kappa shape index (κ3) is 5.55. The molecule has 1 amide bonds. The fourth-order valence-corrected chi connectivity index (χ4v) is 2.67. The van der Waals surface area contributed by atoms with Gasteiger partial charge in [0.25, 0.3) is 0 Å². The minimum Gasteiger partial charge on any atom is -0.479 e. The third-order valence-electron chi connectivity index (χ3n) is 4.05. The van der Waals surface area contributed by atoms with Gasteiger partial charge in [-0.05, 0) is 38.0 Å². The molecule has 0 unspecified atom stereocenters. The van der Waals surface area contributed by atoms with E-state index in [1.165, 1.54) is 0 Å². The van der Waals surface area contributed by atoms with Gasteiger partial charge < -0.3 is 24.6 Å². The van der Waals surface area contributed by atoms with Crippen LogP contribution >= 0.6 is 0 Å². The highest BCUT2D eigenvalue weighted by Crippen LogP contribution is 2.19. The molecule has 2 saturated heterocycles. The van der Waals surface area contributed by atoms with Crippen molar-refractivity contribution in [3.8, 4) is 0 Å². The van der Waals surface area contributed by atoms with E-state index in [1.807, 2.05) is 0 Å². The Bertz CT molecular complexity index is 369. The molecule has 0 bridgehead atoms. The first-order chi connectivity index (χ1) is 10.7. The summed E-state index contributed by atoms with van der Waals surface area (Å²) in [6.07, 6.45) is 2.22. The Hall–Kier alpha value is -1.18. The van der Waals surface area contributed by atoms with Gasteiger partial charge in [-0.25, -0.2) is 4.79 Å². The molecule has 2 atom stereocenters. The highest BCUT2D eigenvalue weighted by atomic mass is 16.5. The fraction of sp³-hybridized carbons (Fsp3) is 0.867.